The van der Waals surface area contributed by atoms with Gasteiger partial charge < -0.3 is 55.1 Å². The molecule has 2 saturated heterocycles. The zero-order valence-electron chi connectivity index (χ0n) is 16.0. The van der Waals surface area contributed by atoms with E-state index in [-0.39, 0.29) is 6.42 Å². The van der Waals surface area contributed by atoms with E-state index in [1.165, 1.54) is 0 Å². The second-order valence-electron chi connectivity index (χ2n) is 7.58. The summed E-state index contributed by atoms with van der Waals surface area (Å²) in [5.74, 6) is -2.23. The second-order valence-corrected chi connectivity index (χ2v) is 7.58. The lowest BCUT2D eigenvalue weighted by molar-refractivity contribution is -0.383. The van der Waals surface area contributed by atoms with Crippen LogP contribution in [0.4, 0.5) is 0 Å². The zero-order chi connectivity index (χ0) is 22.1. The van der Waals surface area contributed by atoms with Crippen LogP contribution in [0.3, 0.4) is 0 Å². The normalized spacial score (nSPS) is 44.7. The minimum atomic E-state index is -2.23. The summed E-state index contributed by atoms with van der Waals surface area (Å²) >= 11 is 0. The lowest BCUT2D eigenvalue weighted by atomic mass is 9.88. The first-order chi connectivity index (χ1) is 14.2. The van der Waals surface area contributed by atoms with E-state index in [9.17, 15) is 40.9 Å². The van der Waals surface area contributed by atoms with Crippen molar-refractivity contribution in [2.24, 2.45) is 0 Å². The Morgan fingerprint density at radius 1 is 0.833 bits per heavy atom. The number of ether oxygens (including phenoxy) is 3. The van der Waals surface area contributed by atoms with Gasteiger partial charge in [-0.25, -0.2) is 0 Å². The number of rotatable bonds is 6. The van der Waals surface area contributed by atoms with E-state index in [1.54, 1.807) is 30.3 Å². The number of hydrogen-bond donors (Lipinski definition) is 8. The van der Waals surface area contributed by atoms with Crippen LogP contribution in [0.25, 0.3) is 0 Å². The lowest BCUT2D eigenvalue weighted by Crippen LogP contribution is -2.68. The van der Waals surface area contributed by atoms with Gasteiger partial charge in [-0.05, 0) is 5.56 Å². The maximum atomic E-state index is 10.8. The highest BCUT2D eigenvalue weighted by molar-refractivity contribution is 5.17. The van der Waals surface area contributed by atoms with Crippen molar-refractivity contribution < 1.29 is 55.1 Å². The smallest absolute Gasteiger partial charge is 0.199 e. The second kappa shape index (κ2) is 9.51. The molecule has 8 N–H and O–H groups in total. The van der Waals surface area contributed by atoms with Gasteiger partial charge in [0.2, 0.25) is 0 Å². The maximum Gasteiger partial charge on any atom is 0.199 e. The molecule has 1 aromatic carbocycles. The van der Waals surface area contributed by atoms with Gasteiger partial charge in [-0.3, -0.25) is 0 Å². The van der Waals surface area contributed by atoms with E-state index >= 15 is 0 Å². The first kappa shape index (κ1) is 23.4. The minimum absolute atomic E-state index is 0.185. The van der Waals surface area contributed by atoms with Gasteiger partial charge in [0.05, 0.1) is 13.2 Å². The largest absolute Gasteiger partial charge is 0.394 e. The van der Waals surface area contributed by atoms with Crippen molar-refractivity contribution in [3.05, 3.63) is 35.9 Å². The predicted octanol–water partition coefficient (Wildman–Crippen LogP) is -3.78. The highest BCUT2D eigenvalue weighted by Crippen LogP contribution is 2.34. The van der Waals surface area contributed by atoms with Gasteiger partial charge in [-0.1, -0.05) is 30.3 Å². The van der Waals surface area contributed by atoms with Gasteiger partial charge in [0.25, 0.3) is 0 Å². The molecule has 0 aromatic heterocycles. The van der Waals surface area contributed by atoms with Gasteiger partial charge in [-0.15, -0.1) is 0 Å². The molecule has 1 aromatic rings. The summed E-state index contributed by atoms with van der Waals surface area (Å²) < 4.78 is 16.2. The summed E-state index contributed by atoms with van der Waals surface area (Å²) in [7, 11) is 0. The fraction of sp³-hybridized carbons (Fsp3) is 0.684. The van der Waals surface area contributed by atoms with E-state index in [0.29, 0.717) is 5.56 Å². The van der Waals surface area contributed by atoms with Crippen molar-refractivity contribution in [1.29, 1.82) is 0 Å². The quantitative estimate of drug-likeness (QED) is 0.220. The molecule has 11 nitrogen and oxygen atoms in total. The third-order valence-corrected chi connectivity index (χ3v) is 5.46. The van der Waals surface area contributed by atoms with Crippen LogP contribution in [-0.2, 0) is 20.6 Å². The highest BCUT2D eigenvalue weighted by atomic mass is 16.7. The summed E-state index contributed by atoms with van der Waals surface area (Å²) in [6.45, 7) is -1.40. The fourth-order valence-electron chi connectivity index (χ4n) is 3.74. The van der Waals surface area contributed by atoms with Crippen molar-refractivity contribution in [2.45, 2.75) is 67.3 Å². The van der Waals surface area contributed by atoms with Crippen molar-refractivity contribution in [3.63, 3.8) is 0 Å². The molecule has 2 heterocycles. The van der Waals surface area contributed by atoms with Crippen LogP contribution in [0.5, 0.6) is 0 Å². The van der Waals surface area contributed by atoms with Crippen LogP contribution in [-0.4, -0.2) is 115 Å². The molecule has 0 radical (unpaired) electrons. The lowest BCUT2D eigenvalue weighted by Gasteiger charge is -2.49. The monoisotopic (exact) mass is 432 g/mol. The van der Waals surface area contributed by atoms with Crippen LogP contribution in [0.1, 0.15) is 5.56 Å². The molecule has 2 fully saturated rings. The summed E-state index contributed by atoms with van der Waals surface area (Å²) in [6, 6.07) is 8.58. The number of aliphatic hydroxyl groups is 8. The Morgan fingerprint density at radius 2 is 1.47 bits per heavy atom. The fourth-order valence-corrected chi connectivity index (χ4v) is 3.74. The van der Waals surface area contributed by atoms with Crippen LogP contribution in [0.15, 0.2) is 30.3 Å². The topological polar surface area (TPSA) is 190 Å². The van der Waals surface area contributed by atoms with Gasteiger partial charge >= 0.3 is 0 Å². The average Bonchev–Trinajstić information content (AvgIpc) is 2.74. The zero-order valence-corrected chi connectivity index (χ0v) is 16.0. The van der Waals surface area contributed by atoms with Gasteiger partial charge in [0.1, 0.15) is 48.8 Å². The van der Waals surface area contributed by atoms with Gasteiger partial charge in [0, 0.05) is 6.42 Å². The van der Waals surface area contributed by atoms with Gasteiger partial charge in [0.15, 0.2) is 12.1 Å². The van der Waals surface area contributed by atoms with E-state index in [0.717, 1.165) is 0 Å². The molecular formula is C19H28O11. The SMILES string of the molecule is OC[C@H]1O[C@@H](O[C@H]2[C@H](O)[C@@H](O)[C@@](O)(Cc3ccccc3)O[C@@H]2CO)[C@H](O)[C@@H](O)[C@H]1O. The van der Waals surface area contributed by atoms with Crippen LogP contribution in [0.2, 0.25) is 0 Å². The molecule has 0 spiro atoms. The van der Waals surface area contributed by atoms with Crippen molar-refractivity contribution >= 4 is 0 Å². The first-order valence-corrected chi connectivity index (χ1v) is 9.59. The third-order valence-electron chi connectivity index (χ3n) is 5.46. The number of aliphatic hydroxyl groups excluding tert-OH is 7. The Bertz CT molecular complexity index is 672. The Morgan fingerprint density at radius 3 is 2.07 bits per heavy atom. The van der Waals surface area contributed by atoms with E-state index < -0.39 is 74.1 Å². The standard InChI is InChI=1S/C19H28O11/c20-7-10-12(22)13(23)14(24)18(28-10)29-16-11(8-21)30-19(27,17(26)15(16)25)6-9-4-2-1-3-5-9/h1-5,10-18,20-27H,6-8H2/t10-,11-,12+,13+,14-,15+,16-,17-,18+,19-/m1/s1. The molecule has 11 heteroatoms. The highest BCUT2D eigenvalue weighted by Gasteiger charge is 2.55. The Balaban J connectivity index is 1.76. The Labute approximate surface area is 172 Å². The number of hydrogen-bond acceptors (Lipinski definition) is 11. The molecule has 2 aliphatic heterocycles. The molecule has 170 valence electrons. The van der Waals surface area contributed by atoms with Crippen molar-refractivity contribution in [2.75, 3.05) is 13.2 Å². The molecule has 0 aliphatic carbocycles. The molecule has 30 heavy (non-hydrogen) atoms. The molecule has 0 unspecified atom stereocenters. The summed E-state index contributed by atoms with van der Waals surface area (Å²) in [4.78, 5) is 0. The minimum Gasteiger partial charge on any atom is -0.394 e. The molecule has 2 aliphatic rings. The Hall–Kier alpha value is -1.22. The maximum absolute atomic E-state index is 10.8. The van der Waals surface area contributed by atoms with Crippen LogP contribution in [0, 0.1) is 0 Å². The third kappa shape index (κ3) is 4.52. The molecule has 10 atom stereocenters. The van der Waals surface area contributed by atoms with Crippen LogP contribution >= 0.6 is 0 Å². The summed E-state index contributed by atoms with van der Waals surface area (Å²) in [5, 5.41) is 80.7. The Kier molecular flexibility index (Phi) is 7.43. The average molecular weight is 432 g/mol. The van der Waals surface area contributed by atoms with Gasteiger partial charge in [-0.2, -0.15) is 0 Å². The van der Waals surface area contributed by atoms with E-state index in [1.807, 2.05) is 0 Å². The number of benzene rings is 1. The molecule has 3 rings (SSSR count). The van der Waals surface area contributed by atoms with E-state index in [4.69, 9.17) is 14.2 Å². The summed E-state index contributed by atoms with van der Waals surface area (Å²) in [5.41, 5.74) is 0.608. The molecule has 0 saturated carbocycles. The molecular weight excluding hydrogens is 404 g/mol. The van der Waals surface area contributed by atoms with Crippen molar-refractivity contribution in [3.8, 4) is 0 Å². The molecule has 0 amide bonds. The first-order valence-electron chi connectivity index (χ1n) is 9.59. The van der Waals surface area contributed by atoms with Crippen LogP contribution < -0.4 is 0 Å². The molecule has 0 bridgehead atoms. The summed E-state index contributed by atoms with van der Waals surface area (Å²) in [6.07, 6.45) is -14.5. The van der Waals surface area contributed by atoms with E-state index in [2.05, 4.69) is 0 Å². The predicted molar refractivity (Wildman–Crippen MR) is 97.7 cm³/mol. The van der Waals surface area contributed by atoms with Crippen molar-refractivity contribution in [1.82, 2.24) is 0 Å².